The molecule has 0 unspecified atom stereocenters. The SMILES string of the molecule is C=CC(=O)OCCCCCCCCCC[n+]1ccccc1.[Br-]. The lowest BCUT2D eigenvalue weighted by molar-refractivity contribution is -0.697. The first-order valence-electron chi connectivity index (χ1n) is 8.06. The Balaban J connectivity index is 0.00000441. The summed E-state index contributed by atoms with van der Waals surface area (Å²) in [5.41, 5.74) is 0. The summed E-state index contributed by atoms with van der Waals surface area (Å²) in [6.07, 6.45) is 15.3. The van der Waals surface area contributed by atoms with E-state index in [4.69, 9.17) is 4.74 Å². The second-order valence-electron chi connectivity index (χ2n) is 5.31. The maximum absolute atomic E-state index is 10.8. The Hall–Kier alpha value is -1.16. The van der Waals surface area contributed by atoms with Crippen LogP contribution in [0.15, 0.2) is 43.2 Å². The van der Waals surface area contributed by atoms with Gasteiger partial charge in [0.05, 0.1) is 6.61 Å². The minimum atomic E-state index is -0.314. The van der Waals surface area contributed by atoms with Gasteiger partial charge < -0.3 is 21.7 Å². The molecule has 1 rings (SSSR count). The Labute approximate surface area is 145 Å². The highest BCUT2D eigenvalue weighted by Crippen LogP contribution is 2.08. The van der Waals surface area contributed by atoms with Gasteiger partial charge in [-0.05, 0) is 12.8 Å². The van der Waals surface area contributed by atoms with Gasteiger partial charge in [0.2, 0.25) is 0 Å². The number of hydrogen-bond acceptors (Lipinski definition) is 2. The number of carbonyl (C=O) groups is 1. The molecule has 4 heteroatoms. The number of aromatic nitrogens is 1. The summed E-state index contributed by atoms with van der Waals surface area (Å²) in [5, 5.41) is 0. The van der Waals surface area contributed by atoms with E-state index in [1.165, 1.54) is 44.6 Å². The Morgan fingerprint density at radius 2 is 1.45 bits per heavy atom. The summed E-state index contributed by atoms with van der Waals surface area (Å²) in [5.74, 6) is -0.314. The molecule has 0 N–H and O–H groups in total. The van der Waals surface area contributed by atoms with Crippen molar-refractivity contribution in [2.45, 2.75) is 57.9 Å². The fourth-order valence-electron chi connectivity index (χ4n) is 2.27. The molecule has 1 aromatic rings. The minimum Gasteiger partial charge on any atom is -1.00 e. The predicted octanol–water partition coefficient (Wildman–Crippen LogP) is 0.828. The molecule has 0 radical (unpaired) electrons. The van der Waals surface area contributed by atoms with Crippen LogP contribution in [-0.2, 0) is 16.1 Å². The monoisotopic (exact) mass is 369 g/mol. The van der Waals surface area contributed by atoms with E-state index < -0.39 is 0 Å². The van der Waals surface area contributed by atoms with Crippen molar-refractivity contribution in [1.29, 1.82) is 0 Å². The fraction of sp³-hybridized carbons (Fsp3) is 0.556. The van der Waals surface area contributed by atoms with Crippen LogP contribution < -0.4 is 21.5 Å². The number of aryl methyl sites for hydroxylation is 1. The van der Waals surface area contributed by atoms with Crippen molar-refractivity contribution >= 4 is 5.97 Å². The Morgan fingerprint density at radius 3 is 2.05 bits per heavy atom. The molecule has 0 aliphatic heterocycles. The normalized spacial score (nSPS) is 9.82. The molecule has 0 aliphatic carbocycles. The van der Waals surface area contributed by atoms with Gasteiger partial charge in [-0.2, -0.15) is 0 Å². The average Bonchev–Trinajstić information content (AvgIpc) is 2.53. The van der Waals surface area contributed by atoms with E-state index in [0.29, 0.717) is 6.61 Å². The summed E-state index contributed by atoms with van der Waals surface area (Å²) >= 11 is 0. The van der Waals surface area contributed by atoms with Gasteiger partial charge >= 0.3 is 5.97 Å². The number of halogens is 1. The van der Waals surface area contributed by atoms with Crippen molar-refractivity contribution in [3.05, 3.63) is 43.2 Å². The topological polar surface area (TPSA) is 30.2 Å². The van der Waals surface area contributed by atoms with E-state index >= 15 is 0 Å². The van der Waals surface area contributed by atoms with Gasteiger partial charge in [0.1, 0.15) is 6.54 Å². The lowest BCUT2D eigenvalue weighted by Crippen LogP contribution is -3.00. The van der Waals surface area contributed by atoms with Gasteiger partial charge in [-0.3, -0.25) is 0 Å². The third kappa shape index (κ3) is 11.5. The zero-order chi connectivity index (χ0) is 15.2. The molecule has 0 amide bonds. The van der Waals surface area contributed by atoms with E-state index in [-0.39, 0.29) is 23.0 Å². The highest BCUT2D eigenvalue weighted by atomic mass is 79.9. The third-order valence-electron chi connectivity index (χ3n) is 3.50. The van der Waals surface area contributed by atoms with E-state index in [0.717, 1.165) is 19.4 Å². The molecule has 3 nitrogen and oxygen atoms in total. The van der Waals surface area contributed by atoms with E-state index in [9.17, 15) is 4.79 Å². The van der Waals surface area contributed by atoms with E-state index in [1.807, 2.05) is 0 Å². The molecule has 0 fully saturated rings. The second-order valence-corrected chi connectivity index (χ2v) is 5.31. The molecule has 0 saturated carbocycles. The molecule has 0 saturated heterocycles. The largest absolute Gasteiger partial charge is 1.00 e. The molecule has 1 heterocycles. The van der Waals surface area contributed by atoms with Crippen LogP contribution in [0.5, 0.6) is 0 Å². The highest BCUT2D eigenvalue weighted by Gasteiger charge is 1.98. The smallest absolute Gasteiger partial charge is 0.330 e. The number of rotatable bonds is 12. The number of carbonyl (C=O) groups excluding carboxylic acids is 1. The number of ether oxygens (including phenoxy) is 1. The summed E-state index contributed by atoms with van der Waals surface area (Å²) < 4.78 is 7.17. The van der Waals surface area contributed by atoms with Crippen molar-refractivity contribution in [3.8, 4) is 0 Å². The summed E-state index contributed by atoms with van der Waals surface area (Å²) in [6, 6.07) is 6.20. The van der Waals surface area contributed by atoms with Crippen molar-refractivity contribution in [2.75, 3.05) is 6.61 Å². The molecule has 0 spiro atoms. The molecule has 124 valence electrons. The third-order valence-corrected chi connectivity index (χ3v) is 3.50. The minimum absolute atomic E-state index is 0. The first-order valence-corrected chi connectivity index (χ1v) is 8.06. The van der Waals surface area contributed by atoms with Gasteiger partial charge in [0.25, 0.3) is 0 Å². The quantitative estimate of drug-likeness (QED) is 0.236. The maximum Gasteiger partial charge on any atom is 0.330 e. The number of esters is 1. The fourth-order valence-corrected chi connectivity index (χ4v) is 2.27. The molecular weight excluding hydrogens is 342 g/mol. The Morgan fingerprint density at radius 1 is 0.909 bits per heavy atom. The van der Waals surface area contributed by atoms with Crippen LogP contribution in [0.25, 0.3) is 0 Å². The Bertz CT molecular complexity index is 395. The standard InChI is InChI=1S/C18H28NO2.BrH/c1-2-18(20)21-17-13-8-6-4-3-5-7-10-14-19-15-11-9-12-16-19;/h2,9,11-12,15-16H,1,3-8,10,13-14,17H2;1H/q+1;/p-1. The van der Waals surface area contributed by atoms with Gasteiger partial charge in [-0.1, -0.05) is 44.7 Å². The average molecular weight is 370 g/mol. The van der Waals surface area contributed by atoms with Crippen molar-refractivity contribution in [3.63, 3.8) is 0 Å². The number of unbranched alkanes of at least 4 members (excludes halogenated alkanes) is 7. The van der Waals surface area contributed by atoms with Gasteiger partial charge in [-0.25, -0.2) is 9.36 Å². The lowest BCUT2D eigenvalue weighted by Gasteiger charge is -2.03. The summed E-state index contributed by atoms with van der Waals surface area (Å²) in [6.45, 7) is 5.02. The molecule has 0 atom stereocenters. The van der Waals surface area contributed by atoms with Crippen LogP contribution in [0.3, 0.4) is 0 Å². The van der Waals surface area contributed by atoms with Gasteiger partial charge in [0.15, 0.2) is 12.4 Å². The van der Waals surface area contributed by atoms with Crippen LogP contribution in [-0.4, -0.2) is 12.6 Å². The molecular formula is C18H28BrNO2. The molecule has 0 bridgehead atoms. The second kappa shape index (κ2) is 14.8. The maximum atomic E-state index is 10.8. The predicted molar refractivity (Wildman–Crippen MR) is 84.7 cm³/mol. The zero-order valence-corrected chi connectivity index (χ0v) is 15.0. The molecule has 0 aliphatic rings. The highest BCUT2D eigenvalue weighted by molar-refractivity contribution is 5.81. The van der Waals surface area contributed by atoms with E-state index in [2.05, 4.69) is 41.7 Å². The van der Waals surface area contributed by atoms with Crippen LogP contribution in [0.2, 0.25) is 0 Å². The molecule has 1 aromatic heterocycles. The van der Waals surface area contributed by atoms with Crippen LogP contribution in [0.1, 0.15) is 51.4 Å². The number of nitrogens with zero attached hydrogens (tertiary/aromatic N) is 1. The Kier molecular flexibility index (Phi) is 14.0. The van der Waals surface area contributed by atoms with Crippen LogP contribution in [0, 0.1) is 0 Å². The van der Waals surface area contributed by atoms with Crippen LogP contribution in [0.4, 0.5) is 0 Å². The van der Waals surface area contributed by atoms with Crippen LogP contribution >= 0.6 is 0 Å². The zero-order valence-electron chi connectivity index (χ0n) is 13.4. The number of pyridine rings is 1. The molecule has 22 heavy (non-hydrogen) atoms. The van der Waals surface area contributed by atoms with Crippen molar-refractivity contribution < 1.29 is 31.1 Å². The van der Waals surface area contributed by atoms with Gasteiger partial charge in [-0.15, -0.1) is 0 Å². The summed E-state index contributed by atoms with van der Waals surface area (Å²) in [7, 11) is 0. The first kappa shape index (κ1) is 20.8. The first-order chi connectivity index (χ1) is 10.3. The molecule has 0 aromatic carbocycles. The van der Waals surface area contributed by atoms with Crippen molar-refractivity contribution in [1.82, 2.24) is 0 Å². The van der Waals surface area contributed by atoms with Crippen molar-refractivity contribution in [2.24, 2.45) is 0 Å². The lowest BCUT2D eigenvalue weighted by atomic mass is 10.1. The summed E-state index contributed by atoms with van der Waals surface area (Å²) in [4.78, 5) is 10.8. The van der Waals surface area contributed by atoms with E-state index in [1.54, 1.807) is 0 Å². The number of hydrogen-bond donors (Lipinski definition) is 0. The van der Waals surface area contributed by atoms with Gasteiger partial charge in [0, 0.05) is 24.6 Å².